The second kappa shape index (κ2) is 5.54. The number of carbonyl (C=O) groups excluding carboxylic acids is 1. The lowest BCUT2D eigenvalue weighted by molar-refractivity contribution is 0.111. The molecule has 2 nitrogen and oxygen atoms in total. The van der Waals surface area contributed by atoms with Crippen LogP contribution in [0.4, 0.5) is 0 Å². The molecule has 0 fully saturated rings. The van der Waals surface area contributed by atoms with Gasteiger partial charge < -0.3 is 4.74 Å². The first-order valence-electron chi connectivity index (χ1n) is 5.38. The van der Waals surface area contributed by atoms with E-state index in [4.69, 9.17) is 4.74 Å². The van der Waals surface area contributed by atoms with Crippen molar-refractivity contribution in [3.63, 3.8) is 0 Å². The fourth-order valence-electron chi connectivity index (χ4n) is 1.30. The molecule has 0 radical (unpaired) electrons. The highest BCUT2D eigenvalue weighted by Gasteiger charge is 2.04. The lowest BCUT2D eigenvalue weighted by atomic mass is 10.1. The zero-order valence-electron chi connectivity index (χ0n) is 9.62. The third-order valence-corrected chi connectivity index (χ3v) is 2.18. The standard InChI is InChI=1S/C13H18O2/c1-4-11-5-6-13(12(7-11)8-14)15-9-10(2)3/h5-8,10H,4,9H2,1-3H3. The zero-order valence-corrected chi connectivity index (χ0v) is 9.62. The fourth-order valence-corrected chi connectivity index (χ4v) is 1.30. The summed E-state index contributed by atoms with van der Waals surface area (Å²) < 4.78 is 5.56. The summed E-state index contributed by atoms with van der Waals surface area (Å²) in [6.07, 6.45) is 1.79. The molecule has 0 atom stereocenters. The van der Waals surface area contributed by atoms with Gasteiger partial charge in [0.05, 0.1) is 12.2 Å². The van der Waals surface area contributed by atoms with E-state index in [1.807, 2.05) is 18.2 Å². The second-order valence-corrected chi connectivity index (χ2v) is 4.05. The first kappa shape index (κ1) is 11.8. The van der Waals surface area contributed by atoms with Crippen LogP contribution >= 0.6 is 0 Å². The number of hydrogen-bond acceptors (Lipinski definition) is 2. The number of ether oxygens (including phenoxy) is 1. The maximum atomic E-state index is 10.9. The van der Waals surface area contributed by atoms with Crippen molar-refractivity contribution in [2.45, 2.75) is 27.2 Å². The minimum Gasteiger partial charge on any atom is -0.493 e. The molecule has 0 spiro atoms. The van der Waals surface area contributed by atoms with Crippen LogP contribution in [0, 0.1) is 5.92 Å². The molecule has 0 amide bonds. The second-order valence-electron chi connectivity index (χ2n) is 4.05. The molecule has 15 heavy (non-hydrogen) atoms. The summed E-state index contributed by atoms with van der Waals surface area (Å²) >= 11 is 0. The van der Waals surface area contributed by atoms with E-state index in [9.17, 15) is 4.79 Å². The minimum absolute atomic E-state index is 0.468. The summed E-state index contributed by atoms with van der Waals surface area (Å²) in [6, 6.07) is 5.77. The van der Waals surface area contributed by atoms with E-state index < -0.39 is 0 Å². The Balaban J connectivity index is 2.82. The minimum atomic E-state index is 0.468. The lowest BCUT2D eigenvalue weighted by Crippen LogP contribution is -2.06. The summed E-state index contributed by atoms with van der Waals surface area (Å²) in [7, 11) is 0. The average Bonchev–Trinajstić information content (AvgIpc) is 2.25. The van der Waals surface area contributed by atoms with Crippen LogP contribution in [0.2, 0.25) is 0 Å². The van der Waals surface area contributed by atoms with Crippen molar-refractivity contribution in [2.24, 2.45) is 5.92 Å². The van der Waals surface area contributed by atoms with Crippen molar-refractivity contribution in [1.29, 1.82) is 0 Å². The van der Waals surface area contributed by atoms with Gasteiger partial charge in [-0.25, -0.2) is 0 Å². The van der Waals surface area contributed by atoms with E-state index in [1.165, 1.54) is 0 Å². The summed E-state index contributed by atoms with van der Waals surface area (Å²) in [5.41, 5.74) is 1.81. The summed E-state index contributed by atoms with van der Waals surface area (Å²) in [5, 5.41) is 0. The van der Waals surface area contributed by atoms with Crippen molar-refractivity contribution in [3.8, 4) is 5.75 Å². The molecule has 0 N–H and O–H groups in total. The van der Waals surface area contributed by atoms with Gasteiger partial charge in [-0.1, -0.05) is 26.8 Å². The third-order valence-electron chi connectivity index (χ3n) is 2.18. The molecule has 1 aromatic rings. The normalized spacial score (nSPS) is 10.4. The monoisotopic (exact) mass is 206 g/mol. The van der Waals surface area contributed by atoms with Crippen LogP contribution in [0.3, 0.4) is 0 Å². The molecule has 82 valence electrons. The molecule has 0 saturated heterocycles. The van der Waals surface area contributed by atoms with Gasteiger partial charge in [0.25, 0.3) is 0 Å². The van der Waals surface area contributed by atoms with Gasteiger partial charge in [-0.3, -0.25) is 4.79 Å². The van der Waals surface area contributed by atoms with Gasteiger partial charge >= 0.3 is 0 Å². The molecule has 0 bridgehead atoms. The third kappa shape index (κ3) is 3.39. The Morgan fingerprint density at radius 2 is 2.13 bits per heavy atom. The lowest BCUT2D eigenvalue weighted by Gasteiger charge is -2.11. The van der Waals surface area contributed by atoms with E-state index in [-0.39, 0.29) is 0 Å². The molecule has 1 aromatic carbocycles. The Morgan fingerprint density at radius 1 is 1.40 bits per heavy atom. The summed E-state index contributed by atoms with van der Waals surface area (Å²) in [4.78, 5) is 10.9. The Morgan fingerprint density at radius 3 is 2.67 bits per heavy atom. The number of rotatable bonds is 5. The average molecular weight is 206 g/mol. The number of carbonyl (C=O) groups is 1. The van der Waals surface area contributed by atoms with Crippen LogP contribution in [-0.2, 0) is 6.42 Å². The molecule has 0 unspecified atom stereocenters. The molecule has 1 rings (SSSR count). The smallest absolute Gasteiger partial charge is 0.153 e. The van der Waals surface area contributed by atoms with Crippen molar-refractivity contribution in [2.75, 3.05) is 6.61 Å². The Labute approximate surface area is 91.3 Å². The first-order chi connectivity index (χ1) is 7.17. The number of benzene rings is 1. The van der Waals surface area contributed by atoms with Gasteiger partial charge in [0.1, 0.15) is 5.75 Å². The Bertz CT molecular complexity index is 329. The number of aryl methyl sites for hydroxylation is 1. The van der Waals surface area contributed by atoms with Crippen molar-refractivity contribution in [1.82, 2.24) is 0 Å². The van der Waals surface area contributed by atoms with E-state index in [1.54, 1.807) is 0 Å². The Hall–Kier alpha value is -1.31. The molecular weight excluding hydrogens is 188 g/mol. The van der Waals surface area contributed by atoms with E-state index in [0.717, 1.165) is 18.3 Å². The van der Waals surface area contributed by atoms with Gasteiger partial charge in [0, 0.05) is 0 Å². The maximum absolute atomic E-state index is 10.9. The van der Waals surface area contributed by atoms with Gasteiger partial charge in [0.2, 0.25) is 0 Å². The van der Waals surface area contributed by atoms with E-state index >= 15 is 0 Å². The Kier molecular flexibility index (Phi) is 4.35. The summed E-state index contributed by atoms with van der Waals surface area (Å²) in [6.45, 7) is 6.88. The van der Waals surface area contributed by atoms with Crippen LogP contribution in [0.5, 0.6) is 5.75 Å². The predicted molar refractivity (Wildman–Crippen MR) is 61.5 cm³/mol. The van der Waals surface area contributed by atoms with Gasteiger partial charge in [-0.05, 0) is 30.0 Å². The zero-order chi connectivity index (χ0) is 11.3. The topological polar surface area (TPSA) is 26.3 Å². The highest BCUT2D eigenvalue weighted by Crippen LogP contribution is 2.19. The van der Waals surface area contributed by atoms with Crippen LogP contribution in [0.15, 0.2) is 18.2 Å². The highest BCUT2D eigenvalue weighted by atomic mass is 16.5. The molecule has 2 heteroatoms. The van der Waals surface area contributed by atoms with E-state index in [0.29, 0.717) is 23.8 Å². The molecule has 0 aliphatic heterocycles. The SMILES string of the molecule is CCc1ccc(OCC(C)C)c(C=O)c1. The molecule has 0 heterocycles. The van der Waals surface area contributed by atoms with Crippen LogP contribution in [-0.4, -0.2) is 12.9 Å². The maximum Gasteiger partial charge on any atom is 0.153 e. The number of aldehydes is 1. The van der Waals surface area contributed by atoms with Gasteiger partial charge in [0.15, 0.2) is 6.29 Å². The highest BCUT2D eigenvalue weighted by molar-refractivity contribution is 5.79. The molecule has 0 saturated carbocycles. The van der Waals surface area contributed by atoms with Crippen molar-refractivity contribution < 1.29 is 9.53 Å². The quantitative estimate of drug-likeness (QED) is 0.692. The number of hydrogen-bond donors (Lipinski definition) is 0. The fraction of sp³-hybridized carbons (Fsp3) is 0.462. The first-order valence-corrected chi connectivity index (χ1v) is 5.38. The largest absolute Gasteiger partial charge is 0.493 e. The predicted octanol–water partition coefficient (Wildman–Crippen LogP) is 3.10. The molecule has 0 aliphatic rings. The summed E-state index contributed by atoms with van der Waals surface area (Å²) in [5.74, 6) is 1.16. The van der Waals surface area contributed by atoms with E-state index in [2.05, 4.69) is 20.8 Å². The van der Waals surface area contributed by atoms with Crippen molar-refractivity contribution in [3.05, 3.63) is 29.3 Å². The van der Waals surface area contributed by atoms with Crippen LogP contribution in [0.1, 0.15) is 36.7 Å². The van der Waals surface area contributed by atoms with Crippen molar-refractivity contribution >= 4 is 6.29 Å². The van der Waals surface area contributed by atoms with Gasteiger partial charge in [-0.15, -0.1) is 0 Å². The molecular formula is C13H18O2. The van der Waals surface area contributed by atoms with Gasteiger partial charge in [-0.2, -0.15) is 0 Å². The van der Waals surface area contributed by atoms with Crippen LogP contribution in [0.25, 0.3) is 0 Å². The van der Waals surface area contributed by atoms with Crippen LogP contribution < -0.4 is 4.74 Å². The molecule has 0 aliphatic carbocycles. The molecule has 0 aromatic heterocycles.